The summed E-state index contributed by atoms with van der Waals surface area (Å²) in [7, 11) is 0. The molecule has 194 valence electrons. The van der Waals surface area contributed by atoms with E-state index in [2.05, 4.69) is 62.6 Å². The first-order chi connectivity index (χ1) is 18.2. The van der Waals surface area contributed by atoms with Gasteiger partial charge in [0, 0.05) is 17.9 Å². The molecule has 0 radical (unpaired) electrons. The molecule has 1 aliphatic carbocycles. The molecular formula is C29H38N8. The van der Waals surface area contributed by atoms with Crippen molar-refractivity contribution in [2.75, 3.05) is 6.54 Å². The minimum absolute atomic E-state index is 0.473. The van der Waals surface area contributed by atoms with Crippen molar-refractivity contribution in [3.8, 4) is 22.5 Å². The molecule has 3 N–H and O–H groups in total. The van der Waals surface area contributed by atoms with Crippen LogP contribution in [0.5, 0.6) is 0 Å². The second kappa shape index (κ2) is 12.2. The molecule has 2 aromatic heterocycles. The summed E-state index contributed by atoms with van der Waals surface area (Å²) in [6, 6.07) is 16.9. The van der Waals surface area contributed by atoms with E-state index in [0.29, 0.717) is 17.7 Å². The van der Waals surface area contributed by atoms with Crippen LogP contribution in [0, 0.1) is 5.92 Å². The van der Waals surface area contributed by atoms with Crippen LogP contribution in [0.4, 0.5) is 0 Å². The van der Waals surface area contributed by atoms with Gasteiger partial charge in [-0.3, -0.25) is 0 Å². The number of hydrogen-bond acceptors (Lipinski definition) is 6. The van der Waals surface area contributed by atoms with Crippen LogP contribution in [0.25, 0.3) is 22.5 Å². The number of nitrogens with two attached hydrogens (primary N) is 1. The highest BCUT2D eigenvalue weighted by atomic mass is 15.5. The highest BCUT2D eigenvalue weighted by Gasteiger charge is 2.26. The molecule has 0 unspecified atom stereocenters. The van der Waals surface area contributed by atoms with E-state index in [-0.39, 0.29) is 0 Å². The van der Waals surface area contributed by atoms with E-state index in [9.17, 15) is 0 Å². The van der Waals surface area contributed by atoms with Gasteiger partial charge in [0.1, 0.15) is 5.82 Å². The van der Waals surface area contributed by atoms with Gasteiger partial charge in [-0.15, -0.1) is 10.2 Å². The molecule has 1 fully saturated rings. The Hall–Kier alpha value is -3.39. The predicted molar refractivity (Wildman–Crippen MR) is 146 cm³/mol. The lowest BCUT2D eigenvalue weighted by Gasteiger charge is -2.27. The van der Waals surface area contributed by atoms with Gasteiger partial charge in [0.05, 0.1) is 6.54 Å². The van der Waals surface area contributed by atoms with Crippen molar-refractivity contribution in [2.24, 2.45) is 11.7 Å². The van der Waals surface area contributed by atoms with Gasteiger partial charge in [-0.05, 0) is 66.5 Å². The summed E-state index contributed by atoms with van der Waals surface area (Å²) < 4.78 is 2.17. The fourth-order valence-electron chi connectivity index (χ4n) is 5.46. The zero-order valence-corrected chi connectivity index (χ0v) is 21.8. The molecule has 2 aromatic carbocycles. The number of aromatic nitrogens is 7. The van der Waals surface area contributed by atoms with Crippen LogP contribution >= 0.6 is 0 Å². The molecule has 8 nitrogen and oxygen atoms in total. The van der Waals surface area contributed by atoms with Gasteiger partial charge in [0.25, 0.3) is 0 Å². The van der Waals surface area contributed by atoms with Crippen LogP contribution in [0.15, 0.2) is 48.5 Å². The monoisotopic (exact) mass is 498 g/mol. The Morgan fingerprint density at radius 2 is 1.73 bits per heavy atom. The van der Waals surface area contributed by atoms with Crippen LogP contribution in [0.3, 0.4) is 0 Å². The smallest absolute Gasteiger partial charge is 0.205 e. The van der Waals surface area contributed by atoms with Crippen molar-refractivity contribution in [3.63, 3.8) is 0 Å². The highest BCUT2D eigenvalue weighted by Crippen LogP contribution is 2.35. The zero-order chi connectivity index (χ0) is 25.5. The molecule has 0 bridgehead atoms. The van der Waals surface area contributed by atoms with Crippen LogP contribution in [0.1, 0.15) is 81.4 Å². The number of benzene rings is 2. The number of hydrogen-bond donors (Lipinski definition) is 2. The van der Waals surface area contributed by atoms with Crippen molar-refractivity contribution >= 4 is 0 Å². The number of tetrazole rings is 1. The van der Waals surface area contributed by atoms with Crippen molar-refractivity contribution in [1.82, 2.24) is 35.4 Å². The zero-order valence-electron chi connectivity index (χ0n) is 21.8. The molecule has 2 heterocycles. The van der Waals surface area contributed by atoms with Gasteiger partial charge in [0.2, 0.25) is 5.82 Å². The van der Waals surface area contributed by atoms with Crippen molar-refractivity contribution in [1.29, 1.82) is 0 Å². The van der Waals surface area contributed by atoms with Crippen molar-refractivity contribution in [3.05, 3.63) is 65.7 Å². The number of nitrogens with zero attached hydrogens (tertiary/aromatic N) is 6. The first-order valence-electron chi connectivity index (χ1n) is 13.8. The van der Waals surface area contributed by atoms with Gasteiger partial charge in [0.15, 0.2) is 5.82 Å². The SMILES string of the molecule is CCCCCCc1nc(C2CCC(CN)CC2)n(Cc2ccc(-c3ccccc3-c3nn[nH]n3)cc2)n1. The number of aryl methyl sites for hydroxylation is 1. The Morgan fingerprint density at radius 3 is 2.43 bits per heavy atom. The third-order valence-electron chi connectivity index (χ3n) is 7.65. The molecule has 37 heavy (non-hydrogen) atoms. The molecule has 0 atom stereocenters. The van der Waals surface area contributed by atoms with Gasteiger partial charge in [-0.2, -0.15) is 10.3 Å². The average Bonchev–Trinajstić information content (AvgIpc) is 3.62. The molecule has 0 aliphatic heterocycles. The van der Waals surface area contributed by atoms with E-state index in [1.807, 2.05) is 18.2 Å². The van der Waals surface area contributed by atoms with E-state index >= 15 is 0 Å². The molecule has 8 heteroatoms. The minimum atomic E-state index is 0.473. The van der Waals surface area contributed by atoms with Crippen LogP contribution in [-0.2, 0) is 13.0 Å². The Bertz CT molecular complexity index is 1240. The summed E-state index contributed by atoms with van der Waals surface area (Å²) in [5.41, 5.74) is 10.3. The molecule has 0 saturated heterocycles. The van der Waals surface area contributed by atoms with Gasteiger partial charge < -0.3 is 5.73 Å². The number of unbranched alkanes of at least 4 members (excludes halogenated alkanes) is 3. The Kier molecular flexibility index (Phi) is 8.35. The van der Waals surface area contributed by atoms with E-state index in [0.717, 1.165) is 67.1 Å². The van der Waals surface area contributed by atoms with E-state index in [1.165, 1.54) is 37.7 Å². The number of nitrogens with one attached hydrogen (secondary N) is 1. The van der Waals surface area contributed by atoms with Crippen LogP contribution < -0.4 is 5.73 Å². The summed E-state index contributed by atoms with van der Waals surface area (Å²) >= 11 is 0. The summed E-state index contributed by atoms with van der Waals surface area (Å²) in [6.45, 7) is 3.78. The largest absolute Gasteiger partial charge is 0.330 e. The molecule has 0 spiro atoms. The fraction of sp³-hybridized carbons (Fsp3) is 0.483. The molecule has 1 saturated carbocycles. The third-order valence-corrected chi connectivity index (χ3v) is 7.65. The average molecular weight is 499 g/mol. The summed E-state index contributed by atoms with van der Waals surface area (Å²) in [4.78, 5) is 5.08. The number of H-pyrrole nitrogens is 1. The minimum Gasteiger partial charge on any atom is -0.330 e. The second-order valence-electron chi connectivity index (χ2n) is 10.3. The maximum absolute atomic E-state index is 5.95. The second-order valence-corrected chi connectivity index (χ2v) is 10.3. The summed E-state index contributed by atoms with van der Waals surface area (Å²) in [6.07, 6.45) is 10.6. The lowest BCUT2D eigenvalue weighted by Crippen LogP contribution is -2.22. The number of rotatable bonds is 11. The van der Waals surface area contributed by atoms with E-state index < -0.39 is 0 Å². The van der Waals surface area contributed by atoms with Crippen LogP contribution in [0.2, 0.25) is 0 Å². The number of aromatic amines is 1. The normalized spacial score (nSPS) is 17.8. The molecule has 0 amide bonds. The Labute approximate surface area is 219 Å². The predicted octanol–water partition coefficient (Wildman–Crippen LogP) is 5.53. The van der Waals surface area contributed by atoms with Crippen LogP contribution in [-0.4, -0.2) is 41.9 Å². The third kappa shape index (κ3) is 6.13. The lowest BCUT2D eigenvalue weighted by atomic mass is 9.81. The van der Waals surface area contributed by atoms with Gasteiger partial charge >= 0.3 is 0 Å². The maximum Gasteiger partial charge on any atom is 0.205 e. The standard InChI is InChI=1S/C29H38N8/c1-2-3-4-5-10-27-31-29(24-17-11-21(19-30)12-18-24)37(34-27)20-22-13-15-23(16-14-22)25-8-6-7-9-26(25)28-32-35-36-33-28/h6-9,13-16,21,24H,2-5,10-12,17-20,30H2,1H3,(H,32,33,35,36). The van der Waals surface area contributed by atoms with E-state index in [4.69, 9.17) is 15.8 Å². The summed E-state index contributed by atoms with van der Waals surface area (Å²) in [5.74, 6) is 3.89. The quantitative estimate of drug-likeness (QED) is 0.263. The molecule has 4 aromatic rings. The molecule has 1 aliphatic rings. The van der Waals surface area contributed by atoms with E-state index in [1.54, 1.807) is 0 Å². The van der Waals surface area contributed by atoms with Gasteiger partial charge in [-0.25, -0.2) is 9.67 Å². The highest BCUT2D eigenvalue weighted by molar-refractivity contribution is 5.80. The van der Waals surface area contributed by atoms with Crippen molar-refractivity contribution < 1.29 is 0 Å². The Balaban J connectivity index is 1.35. The topological polar surface area (TPSA) is 111 Å². The molecular weight excluding hydrogens is 460 g/mol. The fourth-order valence-corrected chi connectivity index (χ4v) is 5.46. The maximum atomic E-state index is 5.95. The lowest BCUT2D eigenvalue weighted by molar-refractivity contribution is 0.319. The summed E-state index contributed by atoms with van der Waals surface area (Å²) in [5, 5.41) is 19.6. The first-order valence-corrected chi connectivity index (χ1v) is 13.8. The van der Waals surface area contributed by atoms with Crippen molar-refractivity contribution in [2.45, 2.75) is 77.2 Å². The van der Waals surface area contributed by atoms with Gasteiger partial charge in [-0.1, -0.05) is 74.7 Å². The Morgan fingerprint density at radius 1 is 0.946 bits per heavy atom. The first kappa shape index (κ1) is 25.3. The molecule has 5 rings (SSSR count).